The Morgan fingerprint density at radius 1 is 0.551 bits per heavy atom. The second kappa shape index (κ2) is 27.8. The van der Waals surface area contributed by atoms with Crippen LogP contribution in [-0.4, -0.2) is 119 Å². The number of nitrogens with one attached hydrogen (secondary N) is 3. The number of hydrogen-bond acceptors (Lipinski definition) is 11. The second-order valence-corrected chi connectivity index (χ2v) is 20.9. The highest BCUT2D eigenvalue weighted by molar-refractivity contribution is 9.10. The topological polar surface area (TPSA) is 142 Å². The van der Waals surface area contributed by atoms with Crippen molar-refractivity contribution in [1.29, 1.82) is 0 Å². The van der Waals surface area contributed by atoms with E-state index < -0.39 is 0 Å². The van der Waals surface area contributed by atoms with E-state index in [4.69, 9.17) is 5.73 Å². The molecule has 6 heterocycles. The second-order valence-electron chi connectivity index (χ2n) is 20.1. The van der Waals surface area contributed by atoms with E-state index in [9.17, 15) is 22.4 Å². The SMILES string of the molecule is C1CNCCN1.Cc1cc(F)c(Br)cc1C.Cc1cc(F)c(N2CCN(CCn3ncc4c3nc(N)n3c(=O)n(Cc5ccccc5)nc43)CC2)cc1C.Cc1cc(F)c(N2CCNCC2)cc1C.Cc1ccc(F)cc1C. The Bertz CT molecular complexity index is 3270. The van der Waals surface area contributed by atoms with Gasteiger partial charge in [-0.1, -0.05) is 36.4 Å². The molecular weight excluding hydrogens is 1060 g/mol. The zero-order valence-corrected chi connectivity index (χ0v) is 47.8. The first-order valence-corrected chi connectivity index (χ1v) is 27.3. The summed E-state index contributed by atoms with van der Waals surface area (Å²) in [6, 6.07) is 24.9. The molecule has 416 valence electrons. The number of halogens is 5. The third-order valence-electron chi connectivity index (χ3n) is 14.4. The maximum absolute atomic E-state index is 14.6. The maximum atomic E-state index is 14.6. The number of aromatic nitrogens is 6. The lowest BCUT2D eigenvalue weighted by atomic mass is 10.1. The van der Waals surface area contributed by atoms with Crippen molar-refractivity contribution in [2.24, 2.45) is 0 Å². The monoisotopic (exact) mass is 1140 g/mol. The van der Waals surface area contributed by atoms with Crippen LogP contribution in [0, 0.1) is 78.7 Å². The molecule has 3 fully saturated rings. The smallest absolute Gasteiger partial charge is 0.353 e. The van der Waals surface area contributed by atoms with Gasteiger partial charge in [-0.05, 0) is 170 Å². The molecule has 78 heavy (non-hydrogen) atoms. The Morgan fingerprint density at radius 3 is 1.60 bits per heavy atom. The van der Waals surface area contributed by atoms with E-state index in [1.54, 1.807) is 30.5 Å². The molecule has 3 aromatic heterocycles. The minimum atomic E-state index is -0.332. The van der Waals surface area contributed by atoms with Crippen LogP contribution < -0.4 is 37.2 Å². The normalized spacial score (nSPS) is 14.6. The lowest BCUT2D eigenvalue weighted by Gasteiger charge is -2.36. The third kappa shape index (κ3) is 15.6. The predicted molar refractivity (Wildman–Crippen MR) is 311 cm³/mol. The number of rotatable bonds is 7. The minimum Gasteiger partial charge on any atom is -0.369 e. The van der Waals surface area contributed by atoms with Gasteiger partial charge >= 0.3 is 5.69 Å². The molecule has 0 aliphatic carbocycles. The molecule has 11 rings (SSSR count). The molecule has 3 aliphatic rings. The average molecular weight is 1140 g/mol. The standard InChI is InChI=1S/C27H30FN9O.C12H17FN2.C8H8BrF.C8H9F.C4H10N2/c1-18-14-22(28)23(15-19(18)2)34-11-8-33(9-12-34)10-13-35-24-21(16-30-35)25-32-36(17-20-6-4-3-5-7-20)27(38)37(25)26(29)31-24;1-9-7-11(13)12(8-10(9)2)15-5-3-14-4-6-15;1-5-3-7(9)8(10)4-6(5)2;1-6-3-4-8(9)5-7(6)2;1-2-6-4-3-5-1/h3-7,14-16H,8-13,17H2,1-2H3,(H2,29,31);7-8,14H,3-6H2,1-2H3;3-4H,1-2H3;3-5H,1-2H3;5-6H,1-4H2. The minimum absolute atomic E-state index is 0.0857. The Hall–Kier alpha value is -6.64. The molecule has 14 nitrogen and oxygen atoms in total. The largest absolute Gasteiger partial charge is 0.369 e. The summed E-state index contributed by atoms with van der Waals surface area (Å²) in [4.78, 5) is 24.1. The summed E-state index contributed by atoms with van der Waals surface area (Å²) < 4.78 is 58.5. The molecule has 0 atom stereocenters. The zero-order valence-electron chi connectivity index (χ0n) is 46.2. The Labute approximate surface area is 463 Å². The fraction of sp³-hybridized carbons (Fsp3) is 0.390. The van der Waals surface area contributed by atoms with E-state index in [-0.39, 0.29) is 34.9 Å². The molecule has 0 saturated carbocycles. The Morgan fingerprint density at radius 2 is 1.06 bits per heavy atom. The molecule has 3 saturated heterocycles. The van der Waals surface area contributed by atoms with Crippen LogP contribution in [0.25, 0.3) is 16.7 Å². The highest BCUT2D eigenvalue weighted by Crippen LogP contribution is 2.26. The van der Waals surface area contributed by atoms with Crippen molar-refractivity contribution in [2.75, 3.05) is 101 Å². The molecule has 0 radical (unpaired) electrons. The van der Waals surface area contributed by atoms with Crippen LogP contribution in [0.3, 0.4) is 0 Å². The van der Waals surface area contributed by atoms with Crippen molar-refractivity contribution < 1.29 is 17.6 Å². The summed E-state index contributed by atoms with van der Waals surface area (Å²) >= 11 is 3.11. The zero-order chi connectivity index (χ0) is 56.0. The van der Waals surface area contributed by atoms with Crippen LogP contribution in [0.1, 0.15) is 50.1 Å². The summed E-state index contributed by atoms with van der Waals surface area (Å²) in [5.41, 5.74) is 17.8. The van der Waals surface area contributed by atoms with Crippen LogP contribution in [-0.2, 0) is 13.1 Å². The molecule has 8 aromatic rings. The number of fused-ring (bicyclic) bond motifs is 3. The maximum Gasteiger partial charge on any atom is 0.353 e. The van der Waals surface area contributed by atoms with Crippen molar-refractivity contribution in [3.05, 3.63) is 179 Å². The molecule has 3 aliphatic heterocycles. The summed E-state index contributed by atoms with van der Waals surface area (Å²) in [6.45, 7) is 28.7. The predicted octanol–water partition coefficient (Wildman–Crippen LogP) is 9.13. The van der Waals surface area contributed by atoms with Crippen LogP contribution in [0.15, 0.2) is 100 Å². The van der Waals surface area contributed by atoms with Gasteiger partial charge in [0, 0.05) is 85.1 Å². The summed E-state index contributed by atoms with van der Waals surface area (Å²) in [6.07, 6.45) is 1.69. The van der Waals surface area contributed by atoms with Gasteiger partial charge in [0.1, 0.15) is 23.3 Å². The van der Waals surface area contributed by atoms with Crippen LogP contribution in [0.4, 0.5) is 34.9 Å². The molecule has 5 N–H and O–H groups in total. The molecule has 0 amide bonds. The van der Waals surface area contributed by atoms with Crippen molar-refractivity contribution in [1.82, 2.24) is 49.8 Å². The molecular formula is C59H74BrF4N13O. The quantitative estimate of drug-likeness (QED) is 0.114. The summed E-state index contributed by atoms with van der Waals surface area (Å²) in [5, 5.41) is 19.5. The van der Waals surface area contributed by atoms with Gasteiger partial charge in [-0.3, -0.25) is 4.90 Å². The Balaban J connectivity index is 0.000000177. The van der Waals surface area contributed by atoms with E-state index >= 15 is 0 Å². The Kier molecular flexibility index (Phi) is 21.0. The third-order valence-corrected chi connectivity index (χ3v) is 15.0. The van der Waals surface area contributed by atoms with E-state index in [1.807, 2.05) is 103 Å². The van der Waals surface area contributed by atoms with Gasteiger partial charge in [0.25, 0.3) is 0 Å². The van der Waals surface area contributed by atoms with Gasteiger partial charge in [0.05, 0.1) is 40.5 Å². The van der Waals surface area contributed by atoms with Gasteiger partial charge in [-0.25, -0.2) is 36.1 Å². The van der Waals surface area contributed by atoms with Gasteiger partial charge in [-0.2, -0.15) is 10.1 Å². The van der Waals surface area contributed by atoms with Gasteiger partial charge in [0.15, 0.2) is 11.3 Å². The highest BCUT2D eigenvalue weighted by Gasteiger charge is 2.22. The molecule has 0 bridgehead atoms. The lowest BCUT2D eigenvalue weighted by Crippen LogP contribution is -2.47. The number of anilines is 3. The van der Waals surface area contributed by atoms with E-state index in [0.717, 1.165) is 141 Å². The number of benzene rings is 5. The number of hydrogen-bond donors (Lipinski definition) is 4. The van der Waals surface area contributed by atoms with E-state index in [2.05, 4.69) is 61.8 Å². The van der Waals surface area contributed by atoms with Gasteiger partial charge in [-0.15, -0.1) is 5.10 Å². The van der Waals surface area contributed by atoms with Gasteiger partial charge in [0.2, 0.25) is 5.95 Å². The lowest BCUT2D eigenvalue weighted by molar-refractivity contribution is 0.245. The number of piperazine rings is 3. The number of aryl methyl sites for hydroxylation is 8. The first kappa shape index (κ1) is 59.0. The molecule has 19 heteroatoms. The van der Waals surface area contributed by atoms with E-state index in [1.165, 1.54) is 27.3 Å². The van der Waals surface area contributed by atoms with Crippen LogP contribution in [0.5, 0.6) is 0 Å². The summed E-state index contributed by atoms with van der Waals surface area (Å²) in [5.74, 6) is -0.520. The number of nitrogens with zero attached hydrogens (tertiary/aromatic N) is 9. The van der Waals surface area contributed by atoms with Crippen molar-refractivity contribution >= 4 is 49.9 Å². The highest BCUT2D eigenvalue weighted by atomic mass is 79.9. The first-order chi connectivity index (χ1) is 37.4. The van der Waals surface area contributed by atoms with Crippen molar-refractivity contribution in [3.63, 3.8) is 0 Å². The fourth-order valence-corrected chi connectivity index (χ4v) is 9.51. The van der Waals surface area contributed by atoms with Crippen LogP contribution >= 0.6 is 15.9 Å². The number of nitrogen functional groups attached to an aromatic ring is 1. The fourth-order valence-electron chi connectivity index (χ4n) is 9.05. The number of nitrogens with two attached hydrogens (primary N) is 1. The van der Waals surface area contributed by atoms with Crippen LogP contribution in [0.2, 0.25) is 0 Å². The van der Waals surface area contributed by atoms with Gasteiger partial charge < -0.3 is 31.5 Å². The average Bonchev–Trinajstić information content (AvgIpc) is 4.07. The van der Waals surface area contributed by atoms with Crippen molar-refractivity contribution in [3.8, 4) is 0 Å². The molecule has 5 aromatic carbocycles. The first-order valence-electron chi connectivity index (χ1n) is 26.6. The summed E-state index contributed by atoms with van der Waals surface area (Å²) in [7, 11) is 0. The van der Waals surface area contributed by atoms with E-state index in [0.29, 0.717) is 39.9 Å². The van der Waals surface area contributed by atoms with Crippen molar-refractivity contribution in [2.45, 2.75) is 68.5 Å². The molecule has 0 spiro atoms. The molecule has 0 unspecified atom stereocenters.